The first-order valence-corrected chi connectivity index (χ1v) is 14.8. The molecule has 14 heteroatoms. The number of benzene rings is 2. The lowest BCUT2D eigenvalue weighted by molar-refractivity contribution is 0.00682. The first kappa shape index (κ1) is 34.3. The Morgan fingerprint density at radius 1 is 1.20 bits per heavy atom. The number of carboxylic acids is 1. The Morgan fingerprint density at radius 2 is 1.96 bits per heavy atom. The van der Waals surface area contributed by atoms with E-state index in [9.17, 15) is 19.5 Å². The van der Waals surface area contributed by atoms with E-state index >= 15 is 0 Å². The third-order valence-electron chi connectivity index (χ3n) is 7.34. The highest BCUT2D eigenvalue weighted by molar-refractivity contribution is 7.80. The van der Waals surface area contributed by atoms with Gasteiger partial charge in [-0.25, -0.2) is 19.1 Å². The number of halogens is 1. The molecule has 0 fully saturated rings. The van der Waals surface area contributed by atoms with Crippen molar-refractivity contribution in [1.82, 2.24) is 19.9 Å². The number of aromatic carboxylic acids is 1. The second kappa shape index (κ2) is 13.8. The number of esters is 1. The van der Waals surface area contributed by atoms with Gasteiger partial charge in [0.15, 0.2) is 11.3 Å². The minimum Gasteiger partial charge on any atom is -0.484 e. The maximum atomic E-state index is 13.0. The highest BCUT2D eigenvalue weighted by atomic mass is 35.5. The second-order valence-corrected chi connectivity index (χ2v) is 12.2. The Labute approximate surface area is 277 Å². The molecule has 0 bridgehead atoms. The molecule has 12 nitrogen and oxygen atoms in total. The van der Waals surface area contributed by atoms with Crippen LogP contribution in [0.5, 0.6) is 5.75 Å². The zero-order chi connectivity index (χ0) is 32.5. The van der Waals surface area contributed by atoms with Gasteiger partial charge < -0.3 is 30.9 Å². The summed E-state index contributed by atoms with van der Waals surface area (Å²) in [5.41, 5.74) is 10.4. The van der Waals surface area contributed by atoms with Crippen molar-refractivity contribution in [3.8, 4) is 5.75 Å². The van der Waals surface area contributed by atoms with Crippen LogP contribution in [0.4, 0.5) is 5.69 Å². The molecule has 4 aromatic rings. The number of thiocarbonyl (C=S) groups is 1. The molecule has 0 saturated carbocycles. The van der Waals surface area contributed by atoms with Gasteiger partial charge in [0.1, 0.15) is 28.6 Å². The van der Waals surface area contributed by atoms with Gasteiger partial charge in [0.2, 0.25) is 0 Å². The molecule has 2 aromatic heterocycles. The van der Waals surface area contributed by atoms with Crippen molar-refractivity contribution in [2.45, 2.75) is 58.7 Å². The number of amides is 1. The van der Waals surface area contributed by atoms with Crippen LogP contribution in [0.1, 0.15) is 86.8 Å². The molecule has 2 aliphatic rings. The van der Waals surface area contributed by atoms with Crippen LogP contribution < -0.4 is 21.1 Å². The fourth-order valence-electron chi connectivity index (χ4n) is 5.26. The van der Waals surface area contributed by atoms with Gasteiger partial charge >= 0.3 is 11.9 Å². The molecule has 0 unspecified atom stereocenters. The number of carboxylic acid groups (broad SMARTS) is 1. The van der Waals surface area contributed by atoms with E-state index in [1.54, 1.807) is 6.07 Å². The van der Waals surface area contributed by atoms with Gasteiger partial charge in [-0.05, 0) is 81.0 Å². The fourth-order valence-corrected chi connectivity index (χ4v) is 5.43. The Morgan fingerprint density at radius 3 is 2.65 bits per heavy atom. The lowest BCUT2D eigenvalue weighted by Gasteiger charge is -2.21. The number of nitrogens with two attached hydrogens (primary N) is 1. The second-order valence-electron chi connectivity index (χ2n) is 11.7. The summed E-state index contributed by atoms with van der Waals surface area (Å²) in [6, 6.07) is 11.9. The lowest BCUT2D eigenvalue weighted by Crippen LogP contribution is -2.29. The molecule has 2 aromatic carbocycles. The van der Waals surface area contributed by atoms with Crippen molar-refractivity contribution in [2.24, 2.45) is 5.73 Å². The maximum Gasteiger partial charge on any atom is 0.354 e. The van der Waals surface area contributed by atoms with E-state index < -0.39 is 17.5 Å². The highest BCUT2D eigenvalue weighted by Crippen LogP contribution is 2.35. The van der Waals surface area contributed by atoms with Crippen LogP contribution in [0, 0.1) is 6.92 Å². The Bertz CT molecular complexity index is 1840. The zero-order valence-electron chi connectivity index (χ0n) is 25.7. The van der Waals surface area contributed by atoms with Gasteiger partial charge in [-0.3, -0.25) is 4.79 Å². The number of rotatable bonds is 5. The maximum absolute atomic E-state index is 13.0. The number of carbonyl (C=O) groups excluding carboxylic acids is 2. The predicted molar refractivity (Wildman–Crippen MR) is 178 cm³/mol. The van der Waals surface area contributed by atoms with Gasteiger partial charge in [0, 0.05) is 18.7 Å². The van der Waals surface area contributed by atoms with Gasteiger partial charge in [-0.15, -0.1) is 12.4 Å². The summed E-state index contributed by atoms with van der Waals surface area (Å²) >= 11 is 4.99. The van der Waals surface area contributed by atoms with Gasteiger partial charge in [-0.1, -0.05) is 24.4 Å². The van der Waals surface area contributed by atoms with E-state index in [2.05, 4.69) is 20.7 Å². The number of hydrogen-bond donors (Lipinski definition) is 4. The van der Waals surface area contributed by atoms with Crippen LogP contribution in [0.3, 0.4) is 0 Å². The summed E-state index contributed by atoms with van der Waals surface area (Å²) < 4.78 is 12.2. The van der Waals surface area contributed by atoms with E-state index in [1.165, 1.54) is 22.8 Å². The average Bonchev–Trinajstić information content (AvgIpc) is 3.63. The molecular formula is C32H35ClN6O6S. The zero-order valence-corrected chi connectivity index (χ0v) is 27.4. The normalized spacial score (nSPS) is 14.8. The monoisotopic (exact) mass is 666 g/mol. The number of hydrogen-bond acceptors (Lipinski definition) is 9. The molecule has 1 amide bonds. The number of anilines is 1. The summed E-state index contributed by atoms with van der Waals surface area (Å²) in [5.74, 6) is -1.20. The van der Waals surface area contributed by atoms with Crippen LogP contribution in [0.15, 0.2) is 48.7 Å². The quantitative estimate of drug-likeness (QED) is 0.170. The Hall–Kier alpha value is -4.59. The molecule has 0 saturated heterocycles. The Kier molecular flexibility index (Phi) is 10.3. The van der Waals surface area contributed by atoms with Crippen molar-refractivity contribution in [3.05, 3.63) is 87.9 Å². The third-order valence-corrected chi connectivity index (χ3v) is 7.56. The molecule has 0 spiro atoms. The number of aromatic nitrogens is 3. The first-order chi connectivity index (χ1) is 21.3. The summed E-state index contributed by atoms with van der Waals surface area (Å²) in [6.45, 7) is 8.35. The molecule has 6 rings (SSSR count). The third kappa shape index (κ3) is 7.44. The number of carbonyl (C=O) groups is 3. The topological polar surface area (TPSA) is 170 Å². The summed E-state index contributed by atoms with van der Waals surface area (Å²) in [7, 11) is 0. The summed E-state index contributed by atoms with van der Waals surface area (Å²) in [4.78, 5) is 41.7. The molecule has 1 aliphatic carbocycles. The van der Waals surface area contributed by atoms with Crippen LogP contribution in [-0.4, -0.2) is 54.7 Å². The van der Waals surface area contributed by atoms with Crippen molar-refractivity contribution in [2.75, 3.05) is 11.9 Å². The smallest absolute Gasteiger partial charge is 0.354 e. The molecular weight excluding hydrogens is 632 g/mol. The fraction of sp³-hybridized carbons (Fsp3) is 0.312. The van der Waals surface area contributed by atoms with E-state index in [0.717, 1.165) is 33.7 Å². The molecule has 242 valence electrons. The van der Waals surface area contributed by atoms with Crippen LogP contribution in [0.2, 0.25) is 0 Å². The van der Waals surface area contributed by atoms with Crippen LogP contribution in [0.25, 0.3) is 5.65 Å². The van der Waals surface area contributed by atoms with E-state index in [1.807, 2.05) is 52.0 Å². The predicted octanol–water partition coefficient (Wildman–Crippen LogP) is 4.81. The van der Waals surface area contributed by atoms with Gasteiger partial charge in [0.05, 0.1) is 23.5 Å². The van der Waals surface area contributed by atoms with Crippen molar-refractivity contribution in [3.63, 3.8) is 0 Å². The molecule has 46 heavy (non-hydrogen) atoms. The highest BCUT2D eigenvalue weighted by Gasteiger charge is 2.30. The molecule has 1 atom stereocenters. The standard InChI is InChI=1S/C23H24N4O5.C9H10N2OS.ClH/c1-12-13-7-8-16(15(13)6-5-14(12)22(31)32-23(2,3)4)26-20(28)18-11-17(21(29)30)25-19-9-10-24-27(18)19;10-4-6-1-2-8-7(3-6)11-9(13)5-12-8;/h5-6,9-11,16H,7-8H2,1-4H3,(H,26,28)(H,29,30);1-3H,4-5,10H2,(H,11,13);1H/t16-;;/m0../s1. The minimum absolute atomic E-state index is 0. The molecule has 1 aliphatic heterocycles. The number of nitrogens with zero attached hydrogens (tertiary/aromatic N) is 3. The summed E-state index contributed by atoms with van der Waals surface area (Å²) in [6.07, 6.45) is 2.83. The van der Waals surface area contributed by atoms with Crippen molar-refractivity contribution < 1.29 is 29.0 Å². The largest absolute Gasteiger partial charge is 0.484 e. The van der Waals surface area contributed by atoms with E-state index in [0.29, 0.717) is 36.5 Å². The van der Waals surface area contributed by atoms with E-state index in [4.69, 9.17) is 27.4 Å². The number of ether oxygens (including phenoxy) is 2. The minimum atomic E-state index is -1.22. The molecule has 5 N–H and O–H groups in total. The number of nitrogens with one attached hydrogen (secondary N) is 2. The SMILES string of the molecule is Cc1c(C(=O)OC(C)(C)C)ccc2c1CC[C@@H]2NC(=O)c1cc(C(=O)O)nc2ccnn12.Cl.NCc1ccc2c(c1)NC(=S)CO2. The summed E-state index contributed by atoms with van der Waals surface area (Å²) in [5, 5.41) is 19.5. The number of fused-ring (bicyclic) bond motifs is 3. The molecule has 0 radical (unpaired) electrons. The van der Waals surface area contributed by atoms with Gasteiger partial charge in [0.25, 0.3) is 5.91 Å². The van der Waals surface area contributed by atoms with Gasteiger partial charge in [-0.2, -0.15) is 5.10 Å². The van der Waals surface area contributed by atoms with Crippen molar-refractivity contribution >= 4 is 58.8 Å². The van der Waals surface area contributed by atoms with Crippen LogP contribution >= 0.6 is 24.6 Å². The average molecular weight is 667 g/mol. The van der Waals surface area contributed by atoms with Crippen LogP contribution in [-0.2, 0) is 17.7 Å². The van der Waals surface area contributed by atoms with Crippen molar-refractivity contribution in [1.29, 1.82) is 0 Å². The Balaban J connectivity index is 0.000000287. The molecule has 3 heterocycles. The van der Waals surface area contributed by atoms with E-state index in [-0.39, 0.29) is 41.5 Å². The lowest BCUT2D eigenvalue weighted by atomic mass is 9.97. The first-order valence-electron chi connectivity index (χ1n) is 14.3.